The number of hydrogen-bond donors (Lipinski definition) is 2. The van der Waals surface area contributed by atoms with Crippen molar-refractivity contribution in [3.05, 3.63) is 34.4 Å². The normalized spacial score (nSPS) is 15.3. The zero-order valence-electron chi connectivity index (χ0n) is 12.7. The van der Waals surface area contributed by atoms with Gasteiger partial charge in [-0.1, -0.05) is 32.1 Å². The van der Waals surface area contributed by atoms with Crippen LogP contribution in [0.4, 0.5) is 16.2 Å². The number of carbonyl (C=O) groups excluding carboxylic acids is 1. The Balaban J connectivity index is 1.63. The van der Waals surface area contributed by atoms with E-state index in [4.69, 9.17) is 0 Å². The first kappa shape index (κ1) is 16.3. The largest absolute Gasteiger partial charge is 0.338 e. The molecule has 2 N–H and O–H groups in total. The molecule has 1 aliphatic carbocycles. The van der Waals surface area contributed by atoms with Crippen LogP contribution in [0.25, 0.3) is 0 Å². The second kappa shape index (κ2) is 8.36. The third-order valence-electron chi connectivity index (χ3n) is 4.14. The van der Waals surface area contributed by atoms with Crippen LogP contribution in [-0.2, 0) is 0 Å². The lowest BCUT2D eigenvalue weighted by Gasteiger charge is -2.21. The molecule has 1 fully saturated rings. The maximum absolute atomic E-state index is 11.7. The van der Waals surface area contributed by atoms with Gasteiger partial charge in [0.15, 0.2) is 0 Å². The Morgan fingerprint density at radius 1 is 1.18 bits per heavy atom. The summed E-state index contributed by atoms with van der Waals surface area (Å²) in [7, 11) is 0. The Kier molecular flexibility index (Phi) is 6.18. The number of nitrogens with one attached hydrogen (secondary N) is 2. The van der Waals surface area contributed by atoms with Gasteiger partial charge in [-0.05, 0) is 30.9 Å². The van der Waals surface area contributed by atoms with Gasteiger partial charge >= 0.3 is 6.03 Å². The van der Waals surface area contributed by atoms with E-state index in [0.717, 1.165) is 12.3 Å². The molecule has 0 aliphatic heterocycles. The van der Waals surface area contributed by atoms with Crippen molar-refractivity contribution in [3.8, 4) is 0 Å². The summed E-state index contributed by atoms with van der Waals surface area (Å²) in [6.07, 6.45) is 8.89. The standard InChI is InChI=1S/C16H23N3O3/c20-16(17-12-4-7-13-5-2-1-3-6-13)18-14-8-10-15(11-9-14)19(21)22/h8-11,13H,1-7,12H2,(H2,17,18,20). The highest BCUT2D eigenvalue weighted by atomic mass is 16.6. The second-order valence-electron chi connectivity index (χ2n) is 5.83. The van der Waals surface area contributed by atoms with Crippen LogP contribution in [-0.4, -0.2) is 17.5 Å². The molecule has 22 heavy (non-hydrogen) atoms. The van der Waals surface area contributed by atoms with Gasteiger partial charge in [0.2, 0.25) is 0 Å². The van der Waals surface area contributed by atoms with Crippen LogP contribution in [0.3, 0.4) is 0 Å². The summed E-state index contributed by atoms with van der Waals surface area (Å²) in [4.78, 5) is 21.8. The molecular weight excluding hydrogens is 282 g/mol. The predicted octanol–water partition coefficient (Wildman–Crippen LogP) is 4.08. The number of anilines is 1. The number of nitro groups is 1. The number of urea groups is 1. The highest BCUT2D eigenvalue weighted by molar-refractivity contribution is 5.89. The van der Waals surface area contributed by atoms with Crippen molar-refractivity contribution in [2.24, 2.45) is 5.92 Å². The molecule has 1 aromatic rings. The van der Waals surface area contributed by atoms with Crippen LogP contribution < -0.4 is 10.6 Å². The highest BCUT2D eigenvalue weighted by Gasteiger charge is 2.12. The van der Waals surface area contributed by atoms with E-state index in [-0.39, 0.29) is 11.7 Å². The molecule has 0 spiro atoms. The Morgan fingerprint density at radius 3 is 2.50 bits per heavy atom. The van der Waals surface area contributed by atoms with Gasteiger partial charge in [0.25, 0.3) is 5.69 Å². The van der Waals surface area contributed by atoms with Gasteiger partial charge < -0.3 is 10.6 Å². The number of nitro benzene ring substituents is 1. The number of amides is 2. The second-order valence-corrected chi connectivity index (χ2v) is 5.83. The van der Waals surface area contributed by atoms with Crippen LogP contribution in [0.1, 0.15) is 44.9 Å². The van der Waals surface area contributed by atoms with Crippen LogP contribution in [0.2, 0.25) is 0 Å². The lowest BCUT2D eigenvalue weighted by molar-refractivity contribution is -0.384. The van der Waals surface area contributed by atoms with Crippen molar-refractivity contribution in [2.45, 2.75) is 44.9 Å². The summed E-state index contributed by atoms with van der Waals surface area (Å²) in [5.41, 5.74) is 0.564. The average Bonchev–Trinajstić information content (AvgIpc) is 2.53. The quantitative estimate of drug-likeness (QED) is 0.472. The lowest BCUT2D eigenvalue weighted by atomic mass is 9.86. The molecule has 6 heteroatoms. The van der Waals surface area contributed by atoms with Gasteiger partial charge in [-0.2, -0.15) is 0 Å². The molecule has 0 bridgehead atoms. The van der Waals surface area contributed by atoms with Crippen LogP contribution >= 0.6 is 0 Å². The summed E-state index contributed by atoms with van der Waals surface area (Å²) in [6.45, 7) is 0.662. The van der Waals surface area contributed by atoms with Gasteiger partial charge in [-0.3, -0.25) is 10.1 Å². The van der Waals surface area contributed by atoms with Crippen LogP contribution in [0.5, 0.6) is 0 Å². The molecule has 1 aromatic carbocycles. The van der Waals surface area contributed by atoms with Crippen LogP contribution in [0.15, 0.2) is 24.3 Å². The number of hydrogen-bond acceptors (Lipinski definition) is 3. The third kappa shape index (κ3) is 5.35. The number of non-ortho nitro benzene ring substituents is 1. The van der Waals surface area contributed by atoms with Crippen molar-refractivity contribution >= 4 is 17.4 Å². The molecule has 0 heterocycles. The maximum atomic E-state index is 11.7. The Morgan fingerprint density at radius 2 is 1.86 bits per heavy atom. The molecule has 0 atom stereocenters. The molecule has 2 rings (SSSR count). The van der Waals surface area contributed by atoms with Gasteiger partial charge in [-0.15, -0.1) is 0 Å². The van der Waals surface area contributed by atoms with Gasteiger partial charge in [0.05, 0.1) is 4.92 Å². The Labute approximate surface area is 130 Å². The summed E-state index contributed by atoms with van der Waals surface area (Å²) < 4.78 is 0. The Hall–Kier alpha value is -2.11. The fraction of sp³-hybridized carbons (Fsp3) is 0.562. The zero-order chi connectivity index (χ0) is 15.8. The number of carbonyl (C=O) groups is 1. The summed E-state index contributed by atoms with van der Waals surface area (Å²) >= 11 is 0. The van der Waals surface area contributed by atoms with Gasteiger partial charge in [-0.25, -0.2) is 4.79 Å². The molecule has 0 radical (unpaired) electrons. The van der Waals surface area contributed by atoms with E-state index >= 15 is 0 Å². The lowest BCUT2D eigenvalue weighted by Crippen LogP contribution is -2.29. The van der Waals surface area contributed by atoms with E-state index in [1.807, 2.05) is 0 Å². The fourth-order valence-electron chi connectivity index (χ4n) is 2.91. The number of nitrogens with zero attached hydrogens (tertiary/aromatic N) is 1. The molecule has 1 aliphatic rings. The summed E-state index contributed by atoms with van der Waals surface area (Å²) in [5.74, 6) is 0.827. The fourth-order valence-corrected chi connectivity index (χ4v) is 2.91. The molecule has 2 amide bonds. The molecule has 0 aromatic heterocycles. The molecule has 120 valence electrons. The smallest absolute Gasteiger partial charge is 0.319 e. The molecule has 6 nitrogen and oxygen atoms in total. The van der Waals surface area contributed by atoms with Gasteiger partial charge in [0.1, 0.15) is 0 Å². The van der Waals surface area contributed by atoms with E-state index < -0.39 is 4.92 Å². The molecule has 0 unspecified atom stereocenters. The van der Waals surface area contributed by atoms with Gasteiger partial charge in [0, 0.05) is 24.4 Å². The van der Waals surface area contributed by atoms with E-state index in [0.29, 0.717) is 12.2 Å². The minimum atomic E-state index is -0.463. The molecule has 0 saturated heterocycles. The number of rotatable bonds is 6. The van der Waals surface area contributed by atoms with Crippen molar-refractivity contribution in [1.82, 2.24) is 5.32 Å². The maximum Gasteiger partial charge on any atom is 0.319 e. The number of benzene rings is 1. The van der Waals surface area contributed by atoms with E-state index in [2.05, 4.69) is 10.6 Å². The van der Waals surface area contributed by atoms with Crippen molar-refractivity contribution < 1.29 is 9.72 Å². The minimum absolute atomic E-state index is 0.0124. The van der Waals surface area contributed by atoms with E-state index in [1.54, 1.807) is 0 Å². The summed E-state index contributed by atoms with van der Waals surface area (Å²) in [5, 5.41) is 16.0. The van der Waals surface area contributed by atoms with E-state index in [9.17, 15) is 14.9 Å². The first-order valence-corrected chi connectivity index (χ1v) is 7.94. The van der Waals surface area contributed by atoms with Crippen molar-refractivity contribution in [1.29, 1.82) is 0 Å². The molecular formula is C16H23N3O3. The Bertz CT molecular complexity index is 496. The van der Waals surface area contributed by atoms with Crippen molar-refractivity contribution in [3.63, 3.8) is 0 Å². The van der Waals surface area contributed by atoms with Crippen molar-refractivity contribution in [2.75, 3.05) is 11.9 Å². The highest BCUT2D eigenvalue weighted by Crippen LogP contribution is 2.26. The topological polar surface area (TPSA) is 84.3 Å². The third-order valence-corrected chi connectivity index (χ3v) is 4.14. The first-order valence-electron chi connectivity index (χ1n) is 7.94. The van der Waals surface area contributed by atoms with Crippen LogP contribution in [0, 0.1) is 16.0 Å². The summed E-state index contributed by atoms with van der Waals surface area (Å²) in [6, 6.07) is 5.54. The zero-order valence-corrected chi connectivity index (χ0v) is 12.7. The molecule has 1 saturated carbocycles. The monoisotopic (exact) mass is 305 g/mol. The van der Waals surface area contributed by atoms with E-state index in [1.165, 1.54) is 62.8 Å². The SMILES string of the molecule is O=C(NCCCC1CCCCC1)Nc1ccc([N+](=O)[O-])cc1. The minimum Gasteiger partial charge on any atom is -0.338 e. The first-order chi connectivity index (χ1) is 10.6. The predicted molar refractivity (Wildman–Crippen MR) is 85.9 cm³/mol. The average molecular weight is 305 g/mol.